The van der Waals surface area contributed by atoms with Gasteiger partial charge in [-0.15, -0.1) is 13.2 Å². The lowest BCUT2D eigenvalue weighted by Crippen LogP contribution is -2.68. The maximum atomic E-state index is 12.6. The molecule has 3 atom stereocenters. The number of nitrogen functional groups attached to an aromatic ring is 1. The molecule has 1 fully saturated rings. The monoisotopic (exact) mass is 452 g/mol. The molecule has 0 spiro atoms. The number of amides is 3. The number of nitrogens with two attached hydrogens (primary N) is 1. The Morgan fingerprint density at radius 2 is 1.94 bits per heavy atom. The number of aromatic nitrogens is 1. The van der Waals surface area contributed by atoms with Crippen molar-refractivity contribution in [2.24, 2.45) is 5.92 Å². The number of rotatable bonds is 6. The Morgan fingerprint density at radius 3 is 2.50 bits per heavy atom. The number of likely N-dealkylation sites (tertiary alicyclic amines) is 1. The lowest BCUT2D eigenvalue weighted by atomic mass is 9.82. The number of urea groups is 1. The molecular weight excluding hydrogens is 433 g/mol. The number of carbonyl (C=O) groups excluding carboxylic acids is 2. The zero-order chi connectivity index (χ0) is 23.6. The van der Waals surface area contributed by atoms with Gasteiger partial charge < -0.3 is 20.9 Å². The Labute approximate surface area is 180 Å². The summed E-state index contributed by atoms with van der Waals surface area (Å²) in [5.74, 6) is -3.16. The van der Waals surface area contributed by atoms with Crippen molar-refractivity contribution in [1.82, 2.24) is 15.2 Å². The van der Waals surface area contributed by atoms with Gasteiger partial charge in [0.05, 0.1) is 12.0 Å². The number of nitrogens with one attached hydrogen (secondary N) is 1. The highest BCUT2D eigenvalue weighted by molar-refractivity contribution is 6.07. The highest BCUT2D eigenvalue weighted by Gasteiger charge is 2.54. The van der Waals surface area contributed by atoms with Gasteiger partial charge in [0.15, 0.2) is 6.04 Å². The summed E-state index contributed by atoms with van der Waals surface area (Å²) >= 11 is 0. The lowest BCUT2D eigenvalue weighted by molar-refractivity contribution is -0.274. The molecule has 0 bridgehead atoms. The number of carbonyl (C=O) groups is 3. The van der Waals surface area contributed by atoms with Crippen molar-refractivity contribution in [1.29, 1.82) is 0 Å². The number of halogens is 3. The number of benzene rings is 1. The molecule has 0 saturated carbocycles. The Kier molecular flexibility index (Phi) is 6.23. The lowest BCUT2D eigenvalue weighted by Gasteiger charge is -2.43. The summed E-state index contributed by atoms with van der Waals surface area (Å²) in [5, 5.41) is 12.0. The van der Waals surface area contributed by atoms with Crippen molar-refractivity contribution < 1.29 is 37.4 Å². The standard InChI is InChI=1S/C20H19F3N4O5/c1-10(12-2-4-13(5-3-12)32-20(21,22)23)26-19(31)27-16(18(29)30)14(17(27)28)8-11-6-7-25-15(24)9-11/h2-7,9-10,14,16H,8H2,1H3,(H2,24,25)(H,26,31)(H,29,30)/t10-,14?,16+/m1/s1. The number of carboxylic acids is 1. The number of β-lactam (4-membered cyclic amide) rings is 1. The van der Waals surface area contributed by atoms with Crippen molar-refractivity contribution >= 4 is 23.7 Å². The maximum Gasteiger partial charge on any atom is 0.573 e. The molecule has 1 saturated heterocycles. The number of hydrogen-bond donors (Lipinski definition) is 3. The third-order valence-corrected chi connectivity index (χ3v) is 4.94. The van der Waals surface area contributed by atoms with Crippen LogP contribution in [0.25, 0.3) is 0 Å². The van der Waals surface area contributed by atoms with Crippen LogP contribution in [0, 0.1) is 5.92 Å². The van der Waals surface area contributed by atoms with Crippen LogP contribution in [0.5, 0.6) is 5.75 Å². The molecule has 1 aromatic carbocycles. The molecular formula is C20H19F3N4O5. The minimum absolute atomic E-state index is 0.0719. The van der Waals surface area contributed by atoms with Gasteiger partial charge in [-0.25, -0.2) is 19.5 Å². The van der Waals surface area contributed by atoms with E-state index in [1.165, 1.54) is 31.3 Å². The van der Waals surface area contributed by atoms with Crippen molar-refractivity contribution in [3.63, 3.8) is 0 Å². The van der Waals surface area contributed by atoms with Crippen LogP contribution in [0.4, 0.5) is 23.8 Å². The van der Waals surface area contributed by atoms with Gasteiger partial charge >= 0.3 is 18.4 Å². The Hall–Kier alpha value is -3.83. The number of carboxylic acid groups (broad SMARTS) is 1. The SMILES string of the molecule is C[C@@H](NC(=O)N1C(=O)C(Cc2ccnc(N)c2)[C@H]1C(=O)O)c1ccc(OC(F)(F)F)cc1. The van der Waals surface area contributed by atoms with E-state index >= 15 is 0 Å². The van der Waals surface area contributed by atoms with Gasteiger partial charge in [-0.1, -0.05) is 12.1 Å². The van der Waals surface area contributed by atoms with Crippen LogP contribution in [0.15, 0.2) is 42.6 Å². The predicted molar refractivity (Wildman–Crippen MR) is 104 cm³/mol. The fourth-order valence-electron chi connectivity index (χ4n) is 3.43. The largest absolute Gasteiger partial charge is 0.573 e. The summed E-state index contributed by atoms with van der Waals surface area (Å²) < 4.78 is 40.6. The number of nitrogens with zero attached hydrogens (tertiary/aromatic N) is 2. The van der Waals surface area contributed by atoms with Crippen LogP contribution in [0.1, 0.15) is 24.1 Å². The van der Waals surface area contributed by atoms with Crippen molar-refractivity contribution in [2.45, 2.75) is 31.8 Å². The number of anilines is 1. The highest BCUT2D eigenvalue weighted by atomic mass is 19.4. The summed E-state index contributed by atoms with van der Waals surface area (Å²) in [6.45, 7) is 1.54. The van der Waals surface area contributed by atoms with E-state index in [4.69, 9.17) is 5.73 Å². The third-order valence-electron chi connectivity index (χ3n) is 4.94. The van der Waals surface area contributed by atoms with Crippen LogP contribution in [0.2, 0.25) is 0 Å². The average molecular weight is 452 g/mol. The van der Waals surface area contributed by atoms with Crippen LogP contribution in [-0.2, 0) is 16.0 Å². The third kappa shape index (κ3) is 5.07. The minimum atomic E-state index is -4.83. The maximum absolute atomic E-state index is 12.6. The molecule has 2 heterocycles. The van der Waals surface area contributed by atoms with Crippen molar-refractivity contribution in [3.8, 4) is 5.75 Å². The zero-order valence-electron chi connectivity index (χ0n) is 16.7. The smallest absolute Gasteiger partial charge is 0.480 e. The molecule has 4 N–H and O–H groups in total. The van der Waals surface area contributed by atoms with Crippen LogP contribution < -0.4 is 15.8 Å². The van der Waals surface area contributed by atoms with Crippen LogP contribution in [-0.4, -0.2) is 45.3 Å². The fraction of sp³-hybridized carbons (Fsp3) is 0.300. The van der Waals surface area contributed by atoms with E-state index in [1.54, 1.807) is 6.07 Å². The first-order valence-electron chi connectivity index (χ1n) is 9.38. The minimum Gasteiger partial charge on any atom is -0.480 e. The molecule has 1 aliphatic heterocycles. The normalized spacial score (nSPS) is 19.1. The summed E-state index contributed by atoms with van der Waals surface area (Å²) in [7, 11) is 0. The van der Waals surface area contributed by atoms with Gasteiger partial charge in [0.1, 0.15) is 11.6 Å². The van der Waals surface area contributed by atoms with E-state index in [0.29, 0.717) is 16.0 Å². The number of pyridine rings is 1. The number of hydrogen-bond acceptors (Lipinski definition) is 6. The van der Waals surface area contributed by atoms with E-state index in [2.05, 4.69) is 15.0 Å². The summed E-state index contributed by atoms with van der Waals surface area (Å²) in [5.41, 5.74) is 6.63. The molecule has 170 valence electrons. The molecule has 9 nitrogen and oxygen atoms in total. The molecule has 3 amide bonds. The van der Waals surface area contributed by atoms with Crippen LogP contribution >= 0.6 is 0 Å². The highest BCUT2D eigenvalue weighted by Crippen LogP contribution is 2.31. The Morgan fingerprint density at radius 1 is 1.28 bits per heavy atom. The quantitative estimate of drug-likeness (QED) is 0.573. The Bertz CT molecular complexity index is 1030. The van der Waals surface area contributed by atoms with Crippen LogP contribution in [0.3, 0.4) is 0 Å². The number of imide groups is 1. The molecule has 32 heavy (non-hydrogen) atoms. The number of aliphatic carboxylic acids is 1. The molecule has 0 aliphatic carbocycles. The molecule has 1 aromatic heterocycles. The van der Waals surface area contributed by atoms with Crippen molar-refractivity contribution in [3.05, 3.63) is 53.7 Å². The first-order chi connectivity index (χ1) is 15.0. The van der Waals surface area contributed by atoms with E-state index in [0.717, 1.165) is 12.1 Å². The molecule has 12 heteroatoms. The van der Waals surface area contributed by atoms with Gasteiger partial charge in [-0.3, -0.25) is 4.79 Å². The van der Waals surface area contributed by atoms with E-state index < -0.39 is 48.0 Å². The van der Waals surface area contributed by atoms with E-state index in [-0.39, 0.29) is 12.2 Å². The van der Waals surface area contributed by atoms with E-state index in [9.17, 15) is 32.7 Å². The summed E-state index contributed by atoms with van der Waals surface area (Å²) in [6, 6.07) is 4.90. The van der Waals surface area contributed by atoms with Gasteiger partial charge in [0.2, 0.25) is 5.91 Å². The molecule has 0 radical (unpaired) electrons. The fourth-order valence-corrected chi connectivity index (χ4v) is 3.43. The summed E-state index contributed by atoms with van der Waals surface area (Å²) in [4.78, 5) is 41.3. The first-order valence-corrected chi connectivity index (χ1v) is 9.38. The Balaban J connectivity index is 1.66. The predicted octanol–water partition coefficient (Wildman–Crippen LogP) is 2.49. The molecule has 1 unspecified atom stereocenters. The van der Waals surface area contributed by atoms with Gasteiger partial charge in [-0.05, 0) is 48.7 Å². The molecule has 1 aliphatic rings. The second-order valence-corrected chi connectivity index (χ2v) is 7.18. The average Bonchev–Trinajstić information content (AvgIpc) is 2.68. The van der Waals surface area contributed by atoms with Gasteiger partial charge in [0.25, 0.3) is 0 Å². The molecule has 2 aromatic rings. The second kappa shape index (κ2) is 8.73. The number of ether oxygens (including phenoxy) is 1. The van der Waals surface area contributed by atoms with E-state index in [1.807, 2.05) is 0 Å². The zero-order valence-corrected chi connectivity index (χ0v) is 16.7. The number of alkyl halides is 3. The van der Waals surface area contributed by atoms with Gasteiger partial charge in [0, 0.05) is 6.20 Å². The summed E-state index contributed by atoms with van der Waals surface area (Å²) in [6.07, 6.45) is -3.33. The van der Waals surface area contributed by atoms with Crippen molar-refractivity contribution in [2.75, 3.05) is 5.73 Å². The molecule has 3 rings (SSSR count). The second-order valence-electron chi connectivity index (χ2n) is 7.18. The topological polar surface area (TPSA) is 135 Å². The van der Waals surface area contributed by atoms with Gasteiger partial charge in [-0.2, -0.15) is 0 Å². The first kappa shape index (κ1) is 22.8.